The van der Waals surface area contributed by atoms with Crippen molar-refractivity contribution in [3.63, 3.8) is 0 Å². The largest absolute Gasteiger partial charge is 0.151 e. The molecule has 0 aliphatic heterocycles. The summed E-state index contributed by atoms with van der Waals surface area (Å²) < 4.78 is 2.44. The Morgan fingerprint density at radius 3 is 1.62 bits per heavy atom. The van der Waals surface area contributed by atoms with Crippen molar-refractivity contribution >= 4 is 54.5 Å². The van der Waals surface area contributed by atoms with Gasteiger partial charge in [-0.05, 0) is 53.7 Å². The van der Waals surface area contributed by atoms with Gasteiger partial charge in [0, 0.05) is 26.1 Å². The number of hydrogen-bond acceptors (Lipinski definition) is 2. The topological polar surface area (TPSA) is 0 Å². The number of halogens is 2. The van der Waals surface area contributed by atoms with Crippen LogP contribution in [0.5, 0.6) is 0 Å². The molecule has 4 heteroatoms. The third-order valence-electron chi connectivity index (χ3n) is 1.76. The van der Waals surface area contributed by atoms with Crippen molar-refractivity contribution in [2.45, 2.75) is 6.42 Å². The molecule has 13 heavy (non-hydrogen) atoms. The van der Waals surface area contributed by atoms with Crippen LogP contribution >= 0.6 is 54.5 Å². The molecule has 2 rings (SSSR count). The summed E-state index contributed by atoms with van der Waals surface area (Å²) in [7, 11) is 0. The molecule has 0 aliphatic rings. The van der Waals surface area contributed by atoms with E-state index in [1.165, 1.54) is 20.1 Å². The highest BCUT2D eigenvalue weighted by atomic mass is 79.9. The van der Waals surface area contributed by atoms with Crippen LogP contribution in [0.2, 0.25) is 0 Å². The van der Waals surface area contributed by atoms with Gasteiger partial charge in [-0.1, -0.05) is 0 Å². The maximum absolute atomic E-state index is 3.54. The van der Waals surface area contributed by atoms with E-state index in [-0.39, 0.29) is 0 Å². The molecular weight excluding hydrogens is 332 g/mol. The second kappa shape index (κ2) is 4.26. The molecule has 2 aromatic rings. The van der Waals surface area contributed by atoms with Gasteiger partial charge >= 0.3 is 0 Å². The first-order valence-electron chi connectivity index (χ1n) is 3.68. The summed E-state index contributed by atoms with van der Waals surface area (Å²) in [4.78, 5) is 0. The van der Waals surface area contributed by atoms with E-state index in [0.717, 1.165) is 6.42 Å². The fourth-order valence-corrected chi connectivity index (χ4v) is 3.96. The van der Waals surface area contributed by atoms with Crippen molar-refractivity contribution in [2.75, 3.05) is 0 Å². The molecule has 2 heterocycles. The van der Waals surface area contributed by atoms with Gasteiger partial charge in [0.05, 0.1) is 0 Å². The average molecular weight is 338 g/mol. The number of hydrogen-bond donors (Lipinski definition) is 0. The predicted octanol–water partition coefficient (Wildman–Crippen LogP) is 4.93. The first-order valence-corrected chi connectivity index (χ1v) is 7.15. The van der Waals surface area contributed by atoms with Crippen molar-refractivity contribution in [1.29, 1.82) is 0 Å². The van der Waals surface area contributed by atoms with Crippen molar-refractivity contribution in [1.82, 2.24) is 0 Å². The fourth-order valence-electron chi connectivity index (χ4n) is 1.07. The van der Waals surface area contributed by atoms with Gasteiger partial charge in [0.2, 0.25) is 0 Å². The molecule has 2 aromatic heterocycles. The zero-order valence-electron chi connectivity index (χ0n) is 6.59. The highest BCUT2D eigenvalue weighted by molar-refractivity contribution is 9.11. The minimum atomic E-state index is 1.01. The first kappa shape index (κ1) is 9.90. The fraction of sp³-hybridized carbons (Fsp3) is 0.111. The van der Waals surface area contributed by atoms with Gasteiger partial charge in [-0.2, -0.15) is 22.7 Å². The van der Waals surface area contributed by atoms with Gasteiger partial charge in [-0.15, -0.1) is 0 Å². The molecule has 0 N–H and O–H groups in total. The van der Waals surface area contributed by atoms with Crippen LogP contribution in [0.25, 0.3) is 0 Å². The summed E-state index contributed by atoms with van der Waals surface area (Å²) >= 11 is 10.5. The van der Waals surface area contributed by atoms with Crippen LogP contribution in [-0.2, 0) is 6.42 Å². The van der Waals surface area contributed by atoms with Crippen LogP contribution in [-0.4, -0.2) is 0 Å². The summed E-state index contributed by atoms with van der Waals surface area (Å²) in [6, 6.07) is 0. The van der Waals surface area contributed by atoms with E-state index in [2.05, 4.69) is 53.4 Å². The molecule has 0 saturated heterocycles. The molecule has 0 aromatic carbocycles. The average Bonchev–Trinajstić information content (AvgIpc) is 2.65. The van der Waals surface area contributed by atoms with Crippen molar-refractivity contribution in [2.24, 2.45) is 0 Å². The minimum Gasteiger partial charge on any atom is -0.151 e. The Balaban J connectivity index is 2.24. The van der Waals surface area contributed by atoms with E-state index in [4.69, 9.17) is 0 Å². The summed E-state index contributed by atoms with van der Waals surface area (Å²) in [5, 5.41) is 8.62. The van der Waals surface area contributed by atoms with Crippen molar-refractivity contribution < 1.29 is 0 Å². The first-order chi connectivity index (χ1) is 6.27. The van der Waals surface area contributed by atoms with Gasteiger partial charge in [0.15, 0.2) is 0 Å². The highest BCUT2D eigenvalue weighted by Gasteiger charge is 2.05. The van der Waals surface area contributed by atoms with Crippen LogP contribution < -0.4 is 0 Å². The molecule has 0 bridgehead atoms. The Labute approximate surface area is 102 Å². The normalized spacial score (nSPS) is 10.6. The molecule has 0 atom stereocenters. The lowest BCUT2D eigenvalue weighted by atomic mass is 10.1. The number of thiophene rings is 2. The quantitative estimate of drug-likeness (QED) is 0.729. The third kappa shape index (κ3) is 2.24. The summed E-state index contributed by atoms with van der Waals surface area (Å²) in [5.74, 6) is 0. The molecule has 0 amide bonds. The Bertz CT molecular complexity index is 365. The highest BCUT2D eigenvalue weighted by Crippen LogP contribution is 2.28. The van der Waals surface area contributed by atoms with E-state index < -0.39 is 0 Å². The lowest BCUT2D eigenvalue weighted by Crippen LogP contribution is -1.83. The molecule has 0 unspecified atom stereocenters. The lowest BCUT2D eigenvalue weighted by molar-refractivity contribution is 1.20. The van der Waals surface area contributed by atoms with Gasteiger partial charge < -0.3 is 0 Å². The van der Waals surface area contributed by atoms with E-state index in [1.807, 2.05) is 0 Å². The number of rotatable bonds is 2. The molecule has 0 radical (unpaired) electrons. The van der Waals surface area contributed by atoms with Crippen LogP contribution in [0.4, 0.5) is 0 Å². The van der Waals surface area contributed by atoms with E-state index in [0.29, 0.717) is 0 Å². The van der Waals surface area contributed by atoms with Crippen LogP contribution in [0.15, 0.2) is 30.5 Å². The Hall–Kier alpha value is 0.360. The minimum absolute atomic E-state index is 1.01. The SMILES string of the molecule is Brc1cscc1Cc1cscc1Br. The zero-order chi connectivity index (χ0) is 9.26. The monoisotopic (exact) mass is 336 g/mol. The molecule has 0 saturated carbocycles. The summed E-state index contributed by atoms with van der Waals surface area (Å²) in [6.07, 6.45) is 1.01. The molecular formula is C9H6Br2S2. The standard InChI is InChI=1S/C9H6Br2S2/c10-8-4-12-2-6(8)1-7-3-13-5-9(7)11/h2-5H,1H2. The van der Waals surface area contributed by atoms with Crippen LogP contribution in [0.3, 0.4) is 0 Å². The Kier molecular flexibility index (Phi) is 3.24. The second-order valence-corrected chi connectivity index (χ2v) is 5.86. The Morgan fingerprint density at radius 1 is 0.846 bits per heavy atom. The Morgan fingerprint density at radius 2 is 1.31 bits per heavy atom. The van der Waals surface area contributed by atoms with Crippen LogP contribution in [0.1, 0.15) is 11.1 Å². The zero-order valence-corrected chi connectivity index (χ0v) is 11.4. The maximum Gasteiger partial charge on any atom is 0.0317 e. The lowest BCUT2D eigenvalue weighted by Gasteiger charge is -1.97. The second-order valence-electron chi connectivity index (χ2n) is 2.67. The smallest absolute Gasteiger partial charge is 0.0317 e. The van der Waals surface area contributed by atoms with Gasteiger partial charge in [-0.25, -0.2) is 0 Å². The van der Waals surface area contributed by atoms with E-state index >= 15 is 0 Å². The molecule has 68 valence electrons. The van der Waals surface area contributed by atoms with Crippen LogP contribution in [0, 0.1) is 0 Å². The van der Waals surface area contributed by atoms with E-state index in [9.17, 15) is 0 Å². The maximum atomic E-state index is 3.54. The van der Waals surface area contributed by atoms with Gasteiger partial charge in [0.1, 0.15) is 0 Å². The summed E-state index contributed by atoms with van der Waals surface area (Å²) in [5.41, 5.74) is 2.73. The van der Waals surface area contributed by atoms with Crippen molar-refractivity contribution in [3.05, 3.63) is 41.6 Å². The van der Waals surface area contributed by atoms with E-state index in [1.54, 1.807) is 22.7 Å². The van der Waals surface area contributed by atoms with Crippen molar-refractivity contribution in [3.8, 4) is 0 Å². The summed E-state index contributed by atoms with van der Waals surface area (Å²) in [6.45, 7) is 0. The molecule has 0 nitrogen and oxygen atoms in total. The third-order valence-corrected chi connectivity index (χ3v) is 5.43. The molecule has 0 aliphatic carbocycles. The van der Waals surface area contributed by atoms with Gasteiger partial charge in [0.25, 0.3) is 0 Å². The molecule has 0 spiro atoms. The van der Waals surface area contributed by atoms with Gasteiger partial charge in [-0.3, -0.25) is 0 Å². The molecule has 0 fully saturated rings. The predicted molar refractivity (Wildman–Crippen MR) is 66.8 cm³/mol.